The largest absolute Gasteiger partial charge is 0.466 e. The standard InChI is InChI=1S/C9H10ClNO3/c1-2-14-9(13)5-6-3-7(10)11-8(12)4-6/h3-4H,2,5H2,1H3,(H,11,12). The maximum atomic E-state index is 11.1. The predicted octanol–water partition coefficient (Wildman–Crippen LogP) is 1.13. The van der Waals surface area contributed by atoms with E-state index >= 15 is 0 Å². The molecule has 0 aromatic carbocycles. The Morgan fingerprint density at radius 1 is 1.57 bits per heavy atom. The number of hydrogen-bond acceptors (Lipinski definition) is 3. The van der Waals surface area contributed by atoms with Crippen LogP contribution in [0.25, 0.3) is 0 Å². The van der Waals surface area contributed by atoms with Crippen LogP contribution in [-0.4, -0.2) is 17.6 Å². The fourth-order valence-corrected chi connectivity index (χ4v) is 1.28. The second kappa shape index (κ2) is 4.81. The van der Waals surface area contributed by atoms with E-state index in [0.29, 0.717) is 12.2 Å². The third-order valence-electron chi connectivity index (χ3n) is 1.53. The number of ether oxygens (including phenoxy) is 1. The smallest absolute Gasteiger partial charge is 0.310 e. The monoisotopic (exact) mass is 215 g/mol. The van der Waals surface area contributed by atoms with E-state index in [1.165, 1.54) is 12.1 Å². The van der Waals surface area contributed by atoms with Crippen molar-refractivity contribution in [2.75, 3.05) is 6.61 Å². The molecule has 1 heterocycles. The van der Waals surface area contributed by atoms with Gasteiger partial charge in [-0.3, -0.25) is 9.59 Å². The average Bonchev–Trinajstić information content (AvgIpc) is 2.01. The van der Waals surface area contributed by atoms with Gasteiger partial charge in [0.05, 0.1) is 13.0 Å². The van der Waals surface area contributed by atoms with Crippen LogP contribution in [-0.2, 0) is 16.0 Å². The molecule has 76 valence electrons. The summed E-state index contributed by atoms with van der Waals surface area (Å²) in [5.74, 6) is -0.367. The molecule has 0 radical (unpaired) electrons. The first-order chi connectivity index (χ1) is 6.61. The number of halogens is 1. The lowest BCUT2D eigenvalue weighted by atomic mass is 10.2. The third kappa shape index (κ3) is 3.22. The summed E-state index contributed by atoms with van der Waals surface area (Å²) in [5, 5.41) is 0.219. The van der Waals surface area contributed by atoms with E-state index in [1.807, 2.05) is 0 Å². The molecule has 0 aliphatic carbocycles. The molecular formula is C9H10ClNO3. The van der Waals surface area contributed by atoms with Gasteiger partial charge in [0.25, 0.3) is 0 Å². The number of rotatable bonds is 3. The zero-order valence-corrected chi connectivity index (χ0v) is 8.43. The minimum absolute atomic E-state index is 0.0669. The van der Waals surface area contributed by atoms with Crippen molar-refractivity contribution < 1.29 is 9.53 Å². The highest BCUT2D eigenvalue weighted by molar-refractivity contribution is 6.29. The fourth-order valence-electron chi connectivity index (χ4n) is 1.04. The number of nitrogens with one attached hydrogen (secondary N) is 1. The lowest BCUT2D eigenvalue weighted by Gasteiger charge is -2.01. The zero-order valence-electron chi connectivity index (χ0n) is 7.67. The molecule has 1 N–H and O–H groups in total. The van der Waals surface area contributed by atoms with Crippen LogP contribution in [0, 0.1) is 0 Å². The molecule has 0 aliphatic rings. The van der Waals surface area contributed by atoms with Gasteiger partial charge in [-0.05, 0) is 18.6 Å². The first kappa shape index (κ1) is 10.8. The molecule has 0 saturated heterocycles. The maximum Gasteiger partial charge on any atom is 0.310 e. The Kier molecular flexibility index (Phi) is 3.71. The van der Waals surface area contributed by atoms with Gasteiger partial charge in [0.1, 0.15) is 5.15 Å². The zero-order chi connectivity index (χ0) is 10.6. The van der Waals surface area contributed by atoms with Crippen molar-refractivity contribution in [3.63, 3.8) is 0 Å². The molecule has 1 rings (SSSR count). The molecule has 0 bridgehead atoms. The summed E-state index contributed by atoms with van der Waals surface area (Å²) in [4.78, 5) is 24.4. The first-order valence-electron chi connectivity index (χ1n) is 4.16. The van der Waals surface area contributed by atoms with Crippen LogP contribution in [0.1, 0.15) is 12.5 Å². The van der Waals surface area contributed by atoms with Gasteiger partial charge >= 0.3 is 5.97 Å². The summed E-state index contributed by atoms with van der Waals surface area (Å²) in [5.41, 5.74) is 0.231. The van der Waals surface area contributed by atoms with Gasteiger partial charge in [-0.25, -0.2) is 0 Å². The van der Waals surface area contributed by atoms with Gasteiger partial charge < -0.3 is 9.72 Å². The van der Waals surface area contributed by atoms with Crippen LogP contribution in [0.4, 0.5) is 0 Å². The summed E-state index contributed by atoms with van der Waals surface area (Å²) in [6.45, 7) is 2.05. The topological polar surface area (TPSA) is 59.2 Å². The van der Waals surface area contributed by atoms with E-state index in [9.17, 15) is 9.59 Å². The van der Waals surface area contributed by atoms with Crippen molar-refractivity contribution in [3.05, 3.63) is 33.2 Å². The molecule has 0 saturated carbocycles. The summed E-state index contributed by atoms with van der Waals surface area (Å²) in [6, 6.07) is 2.85. The number of carbonyl (C=O) groups excluding carboxylic acids is 1. The van der Waals surface area contributed by atoms with E-state index in [2.05, 4.69) is 4.98 Å². The number of esters is 1. The predicted molar refractivity (Wildman–Crippen MR) is 52.4 cm³/mol. The number of pyridine rings is 1. The fraction of sp³-hybridized carbons (Fsp3) is 0.333. The molecule has 0 aliphatic heterocycles. The maximum absolute atomic E-state index is 11.1. The SMILES string of the molecule is CCOC(=O)Cc1cc(Cl)[nH]c(=O)c1. The second-order valence-electron chi connectivity index (χ2n) is 2.68. The molecular weight excluding hydrogens is 206 g/mol. The van der Waals surface area contributed by atoms with Gasteiger partial charge in [0.2, 0.25) is 5.56 Å². The summed E-state index contributed by atoms with van der Waals surface area (Å²) < 4.78 is 4.73. The quantitative estimate of drug-likeness (QED) is 0.608. The highest BCUT2D eigenvalue weighted by atomic mass is 35.5. The lowest BCUT2D eigenvalue weighted by molar-refractivity contribution is -0.142. The lowest BCUT2D eigenvalue weighted by Crippen LogP contribution is -2.11. The Labute approximate surface area is 85.9 Å². The van der Waals surface area contributed by atoms with Crippen LogP contribution in [0.3, 0.4) is 0 Å². The number of hydrogen-bond donors (Lipinski definition) is 1. The van der Waals surface area contributed by atoms with Gasteiger partial charge in [-0.2, -0.15) is 0 Å². The molecule has 14 heavy (non-hydrogen) atoms. The van der Waals surface area contributed by atoms with Gasteiger partial charge in [-0.15, -0.1) is 0 Å². The molecule has 1 aromatic heterocycles. The molecule has 0 atom stereocenters. The molecule has 4 nitrogen and oxygen atoms in total. The Bertz CT molecular complexity index is 386. The Hall–Kier alpha value is -1.29. The van der Waals surface area contributed by atoms with Crippen molar-refractivity contribution in [2.24, 2.45) is 0 Å². The average molecular weight is 216 g/mol. The Morgan fingerprint density at radius 2 is 2.29 bits per heavy atom. The Balaban J connectivity index is 2.76. The van der Waals surface area contributed by atoms with Crippen molar-refractivity contribution in [1.29, 1.82) is 0 Å². The van der Waals surface area contributed by atoms with Gasteiger partial charge in [0, 0.05) is 6.07 Å². The van der Waals surface area contributed by atoms with Gasteiger partial charge in [-0.1, -0.05) is 11.6 Å². The minimum atomic E-state index is -0.367. The highest BCUT2D eigenvalue weighted by Gasteiger charge is 2.05. The van der Waals surface area contributed by atoms with Crippen LogP contribution in [0.15, 0.2) is 16.9 Å². The molecule has 5 heteroatoms. The number of aromatic nitrogens is 1. The second-order valence-corrected chi connectivity index (χ2v) is 3.09. The normalized spacial score (nSPS) is 9.86. The molecule has 0 amide bonds. The molecule has 0 spiro atoms. The van der Waals surface area contributed by atoms with Crippen LogP contribution in [0.5, 0.6) is 0 Å². The van der Waals surface area contributed by atoms with Crippen molar-refractivity contribution in [1.82, 2.24) is 4.98 Å². The van der Waals surface area contributed by atoms with Crippen LogP contribution >= 0.6 is 11.6 Å². The summed E-state index contributed by atoms with van der Waals surface area (Å²) in [7, 11) is 0. The van der Waals surface area contributed by atoms with E-state index < -0.39 is 0 Å². The number of H-pyrrole nitrogens is 1. The number of carbonyl (C=O) groups is 1. The molecule has 1 aromatic rings. The summed E-state index contributed by atoms with van der Waals surface area (Å²) >= 11 is 5.60. The first-order valence-corrected chi connectivity index (χ1v) is 4.54. The van der Waals surface area contributed by atoms with Crippen LogP contribution < -0.4 is 5.56 Å². The van der Waals surface area contributed by atoms with E-state index in [0.717, 1.165) is 0 Å². The van der Waals surface area contributed by atoms with Crippen LogP contribution in [0.2, 0.25) is 5.15 Å². The van der Waals surface area contributed by atoms with E-state index in [1.54, 1.807) is 6.92 Å². The minimum Gasteiger partial charge on any atom is -0.466 e. The van der Waals surface area contributed by atoms with Crippen molar-refractivity contribution in [2.45, 2.75) is 13.3 Å². The van der Waals surface area contributed by atoms with Gasteiger partial charge in [0.15, 0.2) is 0 Å². The van der Waals surface area contributed by atoms with E-state index in [-0.39, 0.29) is 23.1 Å². The highest BCUT2D eigenvalue weighted by Crippen LogP contribution is 2.05. The Morgan fingerprint density at radius 3 is 2.86 bits per heavy atom. The summed E-state index contributed by atoms with van der Waals surface area (Å²) in [6.07, 6.45) is 0.0669. The van der Waals surface area contributed by atoms with Crippen molar-refractivity contribution in [3.8, 4) is 0 Å². The molecule has 0 fully saturated rings. The number of aromatic amines is 1. The molecule has 0 unspecified atom stereocenters. The van der Waals surface area contributed by atoms with Crippen molar-refractivity contribution >= 4 is 17.6 Å². The third-order valence-corrected chi connectivity index (χ3v) is 1.73. The van der Waals surface area contributed by atoms with E-state index in [4.69, 9.17) is 16.3 Å².